The third kappa shape index (κ3) is 3.20. The summed E-state index contributed by atoms with van der Waals surface area (Å²) in [4.78, 5) is 21.5. The number of carbonyl (C=O) groups is 1. The van der Waals surface area contributed by atoms with Gasteiger partial charge >= 0.3 is 0 Å². The van der Waals surface area contributed by atoms with Crippen molar-refractivity contribution in [1.82, 2.24) is 9.97 Å². The quantitative estimate of drug-likeness (QED) is 0.828. The third-order valence-electron chi connectivity index (χ3n) is 6.74. The van der Waals surface area contributed by atoms with E-state index in [0.717, 1.165) is 59.9 Å². The summed E-state index contributed by atoms with van der Waals surface area (Å²) in [5.41, 5.74) is 2.64. The molecule has 2 aromatic rings. The molecule has 5 nitrogen and oxygen atoms in total. The first-order chi connectivity index (χ1) is 13.1. The van der Waals surface area contributed by atoms with E-state index < -0.39 is 0 Å². The van der Waals surface area contributed by atoms with E-state index in [1.54, 1.807) is 6.33 Å². The van der Waals surface area contributed by atoms with Gasteiger partial charge in [-0.15, -0.1) is 0 Å². The second-order valence-electron chi connectivity index (χ2n) is 8.90. The molecule has 140 valence electrons. The van der Waals surface area contributed by atoms with Crippen molar-refractivity contribution in [3.05, 3.63) is 42.4 Å². The second kappa shape index (κ2) is 6.32. The second-order valence-corrected chi connectivity index (χ2v) is 8.90. The fourth-order valence-electron chi connectivity index (χ4n) is 5.96. The average molecular weight is 362 g/mol. The van der Waals surface area contributed by atoms with Gasteiger partial charge in [-0.25, -0.2) is 9.97 Å². The van der Waals surface area contributed by atoms with Gasteiger partial charge in [0.05, 0.1) is 5.41 Å². The highest BCUT2D eigenvalue weighted by molar-refractivity contribution is 5.95. The lowest BCUT2D eigenvalue weighted by atomic mass is 9.49. The normalized spacial score (nSPS) is 30.9. The van der Waals surface area contributed by atoms with Crippen molar-refractivity contribution in [1.29, 1.82) is 0 Å². The number of aromatic nitrogens is 2. The monoisotopic (exact) mass is 362 g/mol. The number of amides is 1. The van der Waals surface area contributed by atoms with Gasteiger partial charge in [-0.1, -0.05) is 0 Å². The minimum absolute atomic E-state index is 0.107. The molecule has 1 heterocycles. The molecule has 4 fully saturated rings. The molecule has 5 heteroatoms. The van der Waals surface area contributed by atoms with Crippen LogP contribution in [-0.2, 0) is 4.79 Å². The Morgan fingerprint density at radius 3 is 2.15 bits per heavy atom. The van der Waals surface area contributed by atoms with Crippen LogP contribution in [0.15, 0.2) is 36.7 Å². The first-order valence-corrected chi connectivity index (χ1v) is 10.1. The van der Waals surface area contributed by atoms with Crippen molar-refractivity contribution in [2.45, 2.75) is 45.4 Å². The van der Waals surface area contributed by atoms with Gasteiger partial charge < -0.3 is 10.6 Å². The van der Waals surface area contributed by atoms with Gasteiger partial charge in [-0.2, -0.15) is 0 Å². The molecule has 0 saturated heterocycles. The first kappa shape index (κ1) is 16.7. The van der Waals surface area contributed by atoms with Gasteiger partial charge in [0, 0.05) is 23.1 Å². The largest absolute Gasteiger partial charge is 0.340 e. The molecule has 1 amide bonds. The lowest BCUT2D eigenvalue weighted by Crippen LogP contribution is -2.51. The van der Waals surface area contributed by atoms with Crippen molar-refractivity contribution in [3.63, 3.8) is 0 Å². The molecular formula is C22H26N4O. The molecular weight excluding hydrogens is 336 g/mol. The summed E-state index contributed by atoms with van der Waals surface area (Å²) in [5, 5.41) is 6.48. The Morgan fingerprint density at radius 1 is 0.963 bits per heavy atom. The van der Waals surface area contributed by atoms with Crippen molar-refractivity contribution < 1.29 is 4.79 Å². The van der Waals surface area contributed by atoms with Gasteiger partial charge in [-0.05, 0) is 87.5 Å². The molecule has 6 rings (SSSR count). The van der Waals surface area contributed by atoms with E-state index in [1.807, 2.05) is 37.3 Å². The molecule has 0 atom stereocenters. The Balaban J connectivity index is 1.27. The molecule has 4 saturated carbocycles. The molecule has 1 aromatic heterocycles. The van der Waals surface area contributed by atoms with E-state index in [4.69, 9.17) is 0 Å². The fraction of sp³-hybridized carbons (Fsp3) is 0.500. The maximum absolute atomic E-state index is 13.1. The molecule has 0 unspecified atom stereocenters. The maximum atomic E-state index is 13.1. The van der Waals surface area contributed by atoms with Crippen LogP contribution in [0.25, 0.3) is 0 Å². The molecule has 1 aromatic carbocycles. The number of carbonyl (C=O) groups excluding carboxylic acids is 1. The van der Waals surface area contributed by atoms with Gasteiger partial charge in [0.25, 0.3) is 0 Å². The lowest BCUT2D eigenvalue weighted by molar-refractivity contribution is -0.140. The van der Waals surface area contributed by atoms with Crippen molar-refractivity contribution in [2.75, 3.05) is 10.6 Å². The maximum Gasteiger partial charge on any atom is 0.230 e. The smallest absolute Gasteiger partial charge is 0.230 e. The number of nitrogens with one attached hydrogen (secondary N) is 2. The summed E-state index contributed by atoms with van der Waals surface area (Å²) in [6.45, 7) is 1.94. The Hall–Kier alpha value is -2.43. The fourth-order valence-corrected chi connectivity index (χ4v) is 5.96. The predicted molar refractivity (Wildman–Crippen MR) is 106 cm³/mol. The number of aryl methyl sites for hydroxylation is 1. The molecule has 0 spiro atoms. The number of rotatable bonds is 4. The first-order valence-electron chi connectivity index (χ1n) is 10.1. The predicted octanol–water partition coefficient (Wildman–Crippen LogP) is 4.68. The molecule has 2 N–H and O–H groups in total. The Labute approximate surface area is 160 Å². The Bertz CT molecular complexity index is 826. The van der Waals surface area contributed by atoms with Crippen LogP contribution in [0.1, 0.15) is 44.2 Å². The minimum atomic E-state index is -0.107. The molecule has 0 radical (unpaired) electrons. The molecule has 0 aliphatic heterocycles. The van der Waals surface area contributed by atoms with Crippen LogP contribution in [0.5, 0.6) is 0 Å². The average Bonchev–Trinajstić information content (AvgIpc) is 2.62. The number of nitrogens with zero attached hydrogens (tertiary/aromatic N) is 2. The highest BCUT2D eigenvalue weighted by Crippen LogP contribution is 2.60. The summed E-state index contributed by atoms with van der Waals surface area (Å²) < 4.78 is 0. The van der Waals surface area contributed by atoms with Gasteiger partial charge in [0.15, 0.2) is 0 Å². The number of benzene rings is 1. The topological polar surface area (TPSA) is 66.9 Å². The van der Waals surface area contributed by atoms with Crippen LogP contribution >= 0.6 is 0 Å². The number of hydrogen-bond donors (Lipinski definition) is 2. The molecule has 4 aliphatic carbocycles. The SMILES string of the molecule is Cc1cc(Nc2ccc(NC(=O)C34CC5CC(CC(C5)C3)C4)cc2)ncn1. The van der Waals surface area contributed by atoms with Crippen molar-refractivity contribution >= 4 is 23.1 Å². The van der Waals surface area contributed by atoms with E-state index >= 15 is 0 Å². The van der Waals surface area contributed by atoms with Gasteiger partial charge in [-0.3, -0.25) is 4.79 Å². The summed E-state index contributed by atoms with van der Waals surface area (Å²) in [7, 11) is 0. The Morgan fingerprint density at radius 2 is 1.56 bits per heavy atom. The van der Waals surface area contributed by atoms with Crippen LogP contribution < -0.4 is 10.6 Å². The summed E-state index contributed by atoms with van der Waals surface area (Å²) in [6, 6.07) is 9.80. The van der Waals surface area contributed by atoms with Crippen molar-refractivity contribution in [3.8, 4) is 0 Å². The van der Waals surface area contributed by atoms with E-state index in [-0.39, 0.29) is 11.3 Å². The van der Waals surface area contributed by atoms with Crippen molar-refractivity contribution in [2.24, 2.45) is 23.2 Å². The van der Waals surface area contributed by atoms with Crippen LogP contribution in [0, 0.1) is 30.1 Å². The van der Waals surface area contributed by atoms with Crippen LogP contribution in [0.2, 0.25) is 0 Å². The highest BCUT2D eigenvalue weighted by atomic mass is 16.2. The Kier molecular flexibility index (Phi) is 3.92. The third-order valence-corrected chi connectivity index (χ3v) is 6.74. The van der Waals surface area contributed by atoms with E-state index in [9.17, 15) is 4.79 Å². The van der Waals surface area contributed by atoms with E-state index in [2.05, 4.69) is 20.6 Å². The number of anilines is 3. The lowest BCUT2D eigenvalue weighted by Gasteiger charge is -2.55. The molecule has 4 aliphatic rings. The van der Waals surface area contributed by atoms with E-state index in [0.29, 0.717) is 0 Å². The zero-order valence-corrected chi connectivity index (χ0v) is 15.7. The number of hydrogen-bond acceptors (Lipinski definition) is 4. The zero-order valence-electron chi connectivity index (χ0n) is 15.7. The summed E-state index contributed by atoms with van der Waals surface area (Å²) >= 11 is 0. The molecule has 27 heavy (non-hydrogen) atoms. The minimum Gasteiger partial charge on any atom is -0.340 e. The van der Waals surface area contributed by atoms with Gasteiger partial charge in [0.2, 0.25) is 5.91 Å². The summed E-state index contributed by atoms with van der Waals surface area (Å²) in [5.74, 6) is 3.36. The van der Waals surface area contributed by atoms with Gasteiger partial charge in [0.1, 0.15) is 12.1 Å². The highest BCUT2D eigenvalue weighted by Gasteiger charge is 2.54. The summed E-state index contributed by atoms with van der Waals surface area (Å²) in [6.07, 6.45) is 8.91. The van der Waals surface area contributed by atoms with E-state index in [1.165, 1.54) is 19.3 Å². The van der Waals surface area contributed by atoms with Crippen LogP contribution in [-0.4, -0.2) is 15.9 Å². The van der Waals surface area contributed by atoms with Crippen LogP contribution in [0.4, 0.5) is 17.2 Å². The van der Waals surface area contributed by atoms with Crippen LogP contribution in [0.3, 0.4) is 0 Å². The standard InChI is InChI=1S/C22H26N4O/c1-14-6-20(24-13-23-14)25-18-2-4-19(5-3-18)26-21(27)22-10-15-7-16(11-22)9-17(8-15)12-22/h2-6,13,15-17H,7-12H2,1H3,(H,26,27)(H,23,24,25). The zero-order chi connectivity index (χ0) is 18.4. The molecule has 4 bridgehead atoms.